The highest BCUT2D eigenvalue weighted by molar-refractivity contribution is 9.10. The van der Waals surface area contributed by atoms with Gasteiger partial charge in [0.1, 0.15) is 5.00 Å². The number of hydrogen-bond donors (Lipinski definition) is 2. The first-order valence-corrected chi connectivity index (χ1v) is 12.0. The van der Waals surface area contributed by atoms with Crippen molar-refractivity contribution in [1.29, 1.82) is 0 Å². The molecule has 0 aliphatic rings. The molecule has 4 aromatic rings. The van der Waals surface area contributed by atoms with Gasteiger partial charge in [0.2, 0.25) is 0 Å². The van der Waals surface area contributed by atoms with Crippen molar-refractivity contribution in [2.24, 2.45) is 5.73 Å². The number of primary amides is 1. The molecule has 0 bridgehead atoms. The Kier molecular flexibility index (Phi) is 6.76. The lowest BCUT2D eigenvalue weighted by Gasteiger charge is -2.11. The monoisotopic (exact) mass is 537 g/mol. The maximum atomic E-state index is 13.5. The highest BCUT2D eigenvalue weighted by Gasteiger charge is 2.26. The molecule has 3 N–H and O–H groups in total. The van der Waals surface area contributed by atoms with E-state index in [0.29, 0.717) is 27.7 Å². The summed E-state index contributed by atoms with van der Waals surface area (Å²) < 4.78 is 6.07. The number of hydrogen-bond acceptors (Lipinski definition) is 6. The van der Waals surface area contributed by atoms with Crippen LogP contribution in [0.4, 0.5) is 5.00 Å². The second-order valence-corrected chi connectivity index (χ2v) is 9.31. The predicted octanol–water partition coefficient (Wildman–Crippen LogP) is 5.56. The molecule has 0 saturated carbocycles. The summed E-state index contributed by atoms with van der Waals surface area (Å²) in [5.41, 5.74) is 8.48. The number of carbonyl (C=O) groups is 3. The van der Waals surface area contributed by atoms with Crippen molar-refractivity contribution >= 4 is 61.0 Å². The van der Waals surface area contributed by atoms with E-state index in [1.807, 2.05) is 48.5 Å². The van der Waals surface area contributed by atoms with Gasteiger partial charge in [0, 0.05) is 15.4 Å². The summed E-state index contributed by atoms with van der Waals surface area (Å²) in [6, 6.07) is 16.6. The number of nitrogens with zero attached hydrogens (tertiary/aromatic N) is 1. The molecular formula is C25H20BrN3O4S. The lowest BCUT2D eigenvalue weighted by Crippen LogP contribution is -2.16. The fourth-order valence-electron chi connectivity index (χ4n) is 3.59. The van der Waals surface area contributed by atoms with Gasteiger partial charge in [-0.1, -0.05) is 46.3 Å². The van der Waals surface area contributed by atoms with Gasteiger partial charge in [-0.2, -0.15) is 0 Å². The number of nitrogens with one attached hydrogen (secondary N) is 1. The largest absolute Gasteiger partial charge is 0.462 e. The second kappa shape index (κ2) is 9.74. The summed E-state index contributed by atoms with van der Waals surface area (Å²) in [5, 5.41) is 3.66. The van der Waals surface area contributed by atoms with Crippen LogP contribution in [0.5, 0.6) is 0 Å². The zero-order valence-electron chi connectivity index (χ0n) is 18.3. The Morgan fingerprint density at radius 1 is 1.12 bits per heavy atom. The van der Waals surface area contributed by atoms with Crippen molar-refractivity contribution in [1.82, 2.24) is 4.98 Å². The van der Waals surface area contributed by atoms with Crippen molar-refractivity contribution in [2.75, 3.05) is 11.9 Å². The Hall–Kier alpha value is -3.56. The minimum absolute atomic E-state index is 0.125. The first-order chi connectivity index (χ1) is 16.3. The van der Waals surface area contributed by atoms with E-state index in [4.69, 9.17) is 15.5 Å². The van der Waals surface area contributed by atoms with E-state index >= 15 is 0 Å². The van der Waals surface area contributed by atoms with Gasteiger partial charge in [0.15, 0.2) is 0 Å². The van der Waals surface area contributed by atoms with Gasteiger partial charge >= 0.3 is 5.97 Å². The van der Waals surface area contributed by atoms with E-state index in [2.05, 4.69) is 21.2 Å². The van der Waals surface area contributed by atoms with Crippen LogP contribution in [-0.4, -0.2) is 29.4 Å². The lowest BCUT2D eigenvalue weighted by molar-refractivity contribution is 0.0527. The number of aromatic nitrogens is 1. The number of halogens is 1. The van der Waals surface area contributed by atoms with Crippen LogP contribution in [0.3, 0.4) is 0 Å². The smallest absolute Gasteiger partial charge is 0.341 e. The molecule has 34 heavy (non-hydrogen) atoms. The zero-order valence-corrected chi connectivity index (χ0v) is 20.7. The number of fused-ring (bicyclic) bond motifs is 1. The maximum Gasteiger partial charge on any atom is 0.341 e. The van der Waals surface area contributed by atoms with Crippen LogP contribution in [0.1, 0.15) is 42.9 Å². The third-order valence-corrected chi connectivity index (χ3v) is 6.93. The number of nitrogens with two attached hydrogens (primary N) is 1. The Morgan fingerprint density at radius 2 is 1.82 bits per heavy atom. The molecule has 0 atom stereocenters. The molecule has 0 spiro atoms. The van der Waals surface area contributed by atoms with Gasteiger partial charge in [-0.3, -0.25) is 9.59 Å². The fourth-order valence-corrected chi connectivity index (χ4v) is 4.89. The Balaban J connectivity index is 1.81. The molecule has 9 heteroatoms. The van der Waals surface area contributed by atoms with Crippen LogP contribution in [0, 0.1) is 6.92 Å². The van der Waals surface area contributed by atoms with Crippen molar-refractivity contribution in [3.8, 4) is 11.3 Å². The van der Waals surface area contributed by atoms with Crippen LogP contribution >= 0.6 is 27.3 Å². The normalized spacial score (nSPS) is 10.8. The summed E-state index contributed by atoms with van der Waals surface area (Å²) in [4.78, 5) is 42.8. The van der Waals surface area contributed by atoms with Crippen LogP contribution in [-0.2, 0) is 4.74 Å². The molecule has 0 fully saturated rings. The Morgan fingerprint density at radius 3 is 2.50 bits per heavy atom. The molecule has 4 rings (SSSR count). The summed E-state index contributed by atoms with van der Waals surface area (Å²) >= 11 is 4.38. The molecule has 172 valence electrons. The number of para-hydroxylation sites is 1. The number of carbonyl (C=O) groups excluding carboxylic acids is 3. The predicted molar refractivity (Wildman–Crippen MR) is 136 cm³/mol. The quantitative estimate of drug-likeness (QED) is 0.312. The van der Waals surface area contributed by atoms with Gasteiger partial charge in [-0.25, -0.2) is 9.78 Å². The number of amides is 2. The van der Waals surface area contributed by atoms with Crippen LogP contribution in [0.15, 0.2) is 59.1 Å². The average molecular weight is 538 g/mol. The van der Waals surface area contributed by atoms with E-state index < -0.39 is 17.8 Å². The number of esters is 1. The van der Waals surface area contributed by atoms with E-state index in [-0.39, 0.29) is 22.0 Å². The van der Waals surface area contributed by atoms with Crippen LogP contribution in [0.25, 0.3) is 22.2 Å². The Labute approximate surface area is 208 Å². The zero-order chi connectivity index (χ0) is 24.4. The number of pyridine rings is 1. The molecule has 7 nitrogen and oxygen atoms in total. The average Bonchev–Trinajstić information content (AvgIpc) is 3.14. The van der Waals surface area contributed by atoms with Gasteiger partial charge < -0.3 is 15.8 Å². The molecule has 0 aliphatic carbocycles. The first-order valence-electron chi connectivity index (χ1n) is 10.4. The lowest BCUT2D eigenvalue weighted by atomic mass is 10.0. The SMILES string of the molecule is CCOC(=O)c1c(NC(=O)c2cc(-c3ccc(Br)cc3)nc3ccccc23)sc(C(N)=O)c1C. The topological polar surface area (TPSA) is 111 Å². The second-order valence-electron chi connectivity index (χ2n) is 7.38. The van der Waals surface area contributed by atoms with Gasteiger partial charge in [0.25, 0.3) is 11.8 Å². The number of rotatable bonds is 6. The number of benzene rings is 2. The minimum Gasteiger partial charge on any atom is -0.462 e. The van der Waals surface area contributed by atoms with Crippen LogP contribution in [0.2, 0.25) is 0 Å². The summed E-state index contributed by atoms with van der Waals surface area (Å²) in [6.07, 6.45) is 0. The molecule has 2 aromatic heterocycles. The maximum absolute atomic E-state index is 13.5. The summed E-state index contributed by atoms with van der Waals surface area (Å²) in [6.45, 7) is 3.44. The standard InChI is InChI=1S/C25H20BrN3O4S/c1-3-33-25(32)20-13(2)21(22(27)30)34-24(20)29-23(31)17-12-19(14-8-10-15(26)11-9-14)28-18-7-5-4-6-16(17)18/h4-12H,3H2,1-2H3,(H2,27,30)(H,29,31). The highest BCUT2D eigenvalue weighted by atomic mass is 79.9. The van der Waals surface area contributed by atoms with Crippen LogP contribution < -0.4 is 11.1 Å². The summed E-state index contributed by atoms with van der Waals surface area (Å²) in [5.74, 6) is -1.76. The van der Waals surface area contributed by atoms with Crippen molar-refractivity contribution in [3.63, 3.8) is 0 Å². The van der Waals surface area contributed by atoms with Crippen molar-refractivity contribution < 1.29 is 19.1 Å². The number of anilines is 1. The molecule has 0 aliphatic heterocycles. The molecule has 2 amide bonds. The van der Waals surface area contributed by atoms with E-state index in [0.717, 1.165) is 21.4 Å². The molecule has 0 saturated heterocycles. The van der Waals surface area contributed by atoms with E-state index in [9.17, 15) is 14.4 Å². The van der Waals surface area contributed by atoms with Gasteiger partial charge in [-0.15, -0.1) is 11.3 Å². The summed E-state index contributed by atoms with van der Waals surface area (Å²) in [7, 11) is 0. The highest BCUT2D eigenvalue weighted by Crippen LogP contribution is 2.34. The van der Waals surface area contributed by atoms with Crippen molar-refractivity contribution in [2.45, 2.75) is 13.8 Å². The molecule has 2 aromatic carbocycles. The van der Waals surface area contributed by atoms with Gasteiger partial charge in [0.05, 0.1) is 33.8 Å². The fraction of sp³-hybridized carbons (Fsp3) is 0.120. The van der Waals surface area contributed by atoms with E-state index in [1.54, 1.807) is 19.9 Å². The molecular weight excluding hydrogens is 518 g/mol. The third-order valence-electron chi connectivity index (χ3n) is 5.18. The molecule has 2 heterocycles. The van der Waals surface area contributed by atoms with Gasteiger partial charge in [-0.05, 0) is 43.7 Å². The van der Waals surface area contributed by atoms with Crippen molar-refractivity contribution in [3.05, 3.63) is 80.6 Å². The Bertz CT molecular complexity index is 1430. The van der Waals surface area contributed by atoms with E-state index in [1.165, 1.54) is 0 Å². The number of thiophene rings is 1. The third kappa shape index (κ3) is 4.57. The minimum atomic E-state index is -0.680. The molecule has 0 radical (unpaired) electrons. The number of ether oxygens (including phenoxy) is 1. The first kappa shape index (κ1) is 23.6. The molecule has 0 unspecified atom stereocenters.